The van der Waals surface area contributed by atoms with Crippen molar-refractivity contribution in [3.8, 4) is 11.5 Å². The van der Waals surface area contributed by atoms with Crippen molar-refractivity contribution >= 4 is 5.91 Å². The number of ether oxygens (including phenoxy) is 3. The number of carbonyl (C=O) groups excluding carboxylic acids is 1. The SMILES string of the molecule is CCOc1ccc(OCC(=O)NCC2(O)CCOCC2)cc1. The van der Waals surface area contributed by atoms with Gasteiger partial charge in [-0.1, -0.05) is 0 Å². The Balaban J connectivity index is 1.70. The van der Waals surface area contributed by atoms with Gasteiger partial charge >= 0.3 is 0 Å². The van der Waals surface area contributed by atoms with E-state index >= 15 is 0 Å². The van der Waals surface area contributed by atoms with Crippen LogP contribution < -0.4 is 14.8 Å². The Morgan fingerprint density at radius 1 is 1.23 bits per heavy atom. The summed E-state index contributed by atoms with van der Waals surface area (Å²) < 4.78 is 15.9. The molecule has 0 unspecified atom stereocenters. The number of amides is 1. The third kappa shape index (κ3) is 5.20. The third-order valence-electron chi connectivity index (χ3n) is 3.54. The van der Waals surface area contributed by atoms with Crippen LogP contribution in [0.5, 0.6) is 11.5 Å². The second-order valence-electron chi connectivity index (χ2n) is 5.31. The standard InChI is InChI=1S/C16H23NO5/c1-2-21-13-3-5-14(6-4-13)22-11-15(18)17-12-16(19)7-9-20-10-8-16/h3-6,19H,2,7-12H2,1H3,(H,17,18). The number of benzene rings is 1. The maximum Gasteiger partial charge on any atom is 0.258 e. The van der Waals surface area contributed by atoms with E-state index in [-0.39, 0.29) is 19.1 Å². The molecule has 0 atom stereocenters. The van der Waals surface area contributed by atoms with Crippen LogP contribution in [0.15, 0.2) is 24.3 Å². The van der Waals surface area contributed by atoms with Crippen molar-refractivity contribution < 1.29 is 24.1 Å². The largest absolute Gasteiger partial charge is 0.494 e. The Morgan fingerprint density at radius 3 is 2.41 bits per heavy atom. The zero-order valence-electron chi connectivity index (χ0n) is 12.8. The van der Waals surface area contributed by atoms with E-state index in [0.29, 0.717) is 38.4 Å². The Labute approximate surface area is 130 Å². The zero-order valence-corrected chi connectivity index (χ0v) is 12.8. The summed E-state index contributed by atoms with van der Waals surface area (Å²) in [5, 5.41) is 12.9. The van der Waals surface area contributed by atoms with Gasteiger partial charge in [0.15, 0.2) is 6.61 Å². The number of carbonyl (C=O) groups is 1. The average molecular weight is 309 g/mol. The lowest BCUT2D eigenvalue weighted by atomic mass is 9.94. The summed E-state index contributed by atoms with van der Waals surface area (Å²) in [6.07, 6.45) is 1.07. The minimum absolute atomic E-state index is 0.0828. The summed E-state index contributed by atoms with van der Waals surface area (Å²) in [6, 6.07) is 7.09. The monoisotopic (exact) mass is 309 g/mol. The molecule has 0 radical (unpaired) electrons. The topological polar surface area (TPSA) is 77.0 Å². The van der Waals surface area contributed by atoms with Crippen molar-refractivity contribution in [1.82, 2.24) is 5.32 Å². The van der Waals surface area contributed by atoms with E-state index < -0.39 is 5.60 Å². The first-order valence-corrected chi connectivity index (χ1v) is 7.54. The number of aliphatic hydroxyl groups is 1. The molecular weight excluding hydrogens is 286 g/mol. The fourth-order valence-electron chi connectivity index (χ4n) is 2.19. The molecule has 2 rings (SSSR count). The zero-order chi connectivity index (χ0) is 15.8. The highest BCUT2D eigenvalue weighted by Crippen LogP contribution is 2.19. The summed E-state index contributed by atoms with van der Waals surface area (Å²) in [7, 11) is 0. The lowest BCUT2D eigenvalue weighted by molar-refractivity contribution is -0.125. The molecule has 22 heavy (non-hydrogen) atoms. The van der Waals surface area contributed by atoms with Gasteiger partial charge in [0.05, 0.1) is 12.2 Å². The van der Waals surface area contributed by atoms with Crippen molar-refractivity contribution in [2.24, 2.45) is 0 Å². The normalized spacial score (nSPS) is 16.8. The van der Waals surface area contributed by atoms with Gasteiger partial charge in [-0.25, -0.2) is 0 Å². The lowest BCUT2D eigenvalue weighted by Crippen LogP contribution is -2.47. The molecule has 2 N–H and O–H groups in total. The number of hydrogen-bond donors (Lipinski definition) is 2. The quantitative estimate of drug-likeness (QED) is 0.789. The van der Waals surface area contributed by atoms with E-state index in [9.17, 15) is 9.90 Å². The summed E-state index contributed by atoms with van der Waals surface area (Å²) >= 11 is 0. The predicted octanol–water partition coefficient (Wildman–Crippen LogP) is 1.12. The van der Waals surface area contributed by atoms with E-state index in [1.54, 1.807) is 24.3 Å². The van der Waals surface area contributed by atoms with Gasteiger partial charge in [-0.05, 0) is 31.2 Å². The van der Waals surface area contributed by atoms with Crippen LogP contribution >= 0.6 is 0 Å². The molecule has 1 aromatic carbocycles. The van der Waals surface area contributed by atoms with Crippen LogP contribution in [0.1, 0.15) is 19.8 Å². The Bertz CT molecular complexity index is 468. The van der Waals surface area contributed by atoms with Crippen LogP contribution in [-0.2, 0) is 9.53 Å². The van der Waals surface area contributed by atoms with Crippen LogP contribution in [0.2, 0.25) is 0 Å². The molecule has 0 aromatic heterocycles. The molecule has 1 aromatic rings. The van der Waals surface area contributed by atoms with E-state index in [1.807, 2.05) is 6.92 Å². The first-order valence-electron chi connectivity index (χ1n) is 7.54. The van der Waals surface area contributed by atoms with Crippen molar-refractivity contribution in [1.29, 1.82) is 0 Å². The molecule has 0 spiro atoms. The molecular formula is C16H23NO5. The fourth-order valence-corrected chi connectivity index (χ4v) is 2.19. The fraction of sp³-hybridized carbons (Fsp3) is 0.562. The van der Waals surface area contributed by atoms with Crippen LogP contribution in [0.3, 0.4) is 0 Å². The smallest absolute Gasteiger partial charge is 0.258 e. The van der Waals surface area contributed by atoms with Crippen molar-refractivity contribution in [2.75, 3.05) is 33.0 Å². The van der Waals surface area contributed by atoms with Crippen LogP contribution in [0.25, 0.3) is 0 Å². The first-order chi connectivity index (χ1) is 10.6. The highest BCUT2D eigenvalue weighted by Gasteiger charge is 2.30. The average Bonchev–Trinajstić information content (AvgIpc) is 2.53. The molecule has 1 amide bonds. The summed E-state index contributed by atoms with van der Waals surface area (Å²) in [6.45, 7) is 3.71. The van der Waals surface area contributed by atoms with E-state index in [4.69, 9.17) is 14.2 Å². The van der Waals surface area contributed by atoms with Crippen LogP contribution in [-0.4, -0.2) is 49.6 Å². The van der Waals surface area contributed by atoms with Crippen molar-refractivity contribution in [2.45, 2.75) is 25.4 Å². The van der Waals surface area contributed by atoms with Gasteiger partial charge < -0.3 is 24.6 Å². The molecule has 1 aliphatic rings. The second kappa shape index (κ2) is 8.00. The highest BCUT2D eigenvalue weighted by atomic mass is 16.5. The van der Waals surface area contributed by atoms with Crippen molar-refractivity contribution in [3.05, 3.63) is 24.3 Å². The van der Waals surface area contributed by atoms with Crippen LogP contribution in [0.4, 0.5) is 0 Å². The number of rotatable bonds is 7. The molecule has 1 saturated heterocycles. The second-order valence-corrected chi connectivity index (χ2v) is 5.31. The molecule has 122 valence electrons. The summed E-state index contributed by atoms with van der Waals surface area (Å²) in [4.78, 5) is 11.8. The van der Waals surface area contributed by atoms with E-state index in [1.165, 1.54) is 0 Å². The van der Waals surface area contributed by atoms with Gasteiger partial charge in [-0.2, -0.15) is 0 Å². The Hall–Kier alpha value is -1.79. The summed E-state index contributed by atoms with van der Waals surface area (Å²) in [5.74, 6) is 1.11. The predicted molar refractivity (Wildman–Crippen MR) is 81.1 cm³/mol. The molecule has 0 bridgehead atoms. The Kier molecular flexibility index (Phi) is 6.03. The molecule has 1 heterocycles. The van der Waals surface area contributed by atoms with Gasteiger partial charge in [0.25, 0.3) is 5.91 Å². The van der Waals surface area contributed by atoms with E-state index in [0.717, 1.165) is 5.75 Å². The summed E-state index contributed by atoms with van der Waals surface area (Å²) in [5.41, 5.74) is -0.868. The minimum atomic E-state index is -0.868. The maximum atomic E-state index is 11.8. The Morgan fingerprint density at radius 2 is 1.82 bits per heavy atom. The van der Waals surface area contributed by atoms with Gasteiger partial charge in [-0.15, -0.1) is 0 Å². The maximum absolute atomic E-state index is 11.8. The van der Waals surface area contributed by atoms with Gasteiger partial charge in [-0.3, -0.25) is 4.79 Å². The van der Waals surface area contributed by atoms with E-state index in [2.05, 4.69) is 5.32 Å². The lowest BCUT2D eigenvalue weighted by Gasteiger charge is -2.32. The molecule has 1 aliphatic heterocycles. The molecule has 6 heteroatoms. The molecule has 0 saturated carbocycles. The number of nitrogens with one attached hydrogen (secondary N) is 1. The third-order valence-corrected chi connectivity index (χ3v) is 3.54. The minimum Gasteiger partial charge on any atom is -0.494 e. The molecule has 0 aliphatic carbocycles. The highest BCUT2D eigenvalue weighted by molar-refractivity contribution is 5.77. The number of hydrogen-bond acceptors (Lipinski definition) is 5. The van der Waals surface area contributed by atoms with Crippen molar-refractivity contribution in [3.63, 3.8) is 0 Å². The van der Waals surface area contributed by atoms with Gasteiger partial charge in [0.1, 0.15) is 11.5 Å². The van der Waals surface area contributed by atoms with Gasteiger partial charge in [0, 0.05) is 32.6 Å². The first kappa shape index (κ1) is 16.6. The molecule has 1 fully saturated rings. The van der Waals surface area contributed by atoms with Crippen LogP contribution in [0, 0.1) is 0 Å². The van der Waals surface area contributed by atoms with Gasteiger partial charge in [0.2, 0.25) is 0 Å². The molecule has 6 nitrogen and oxygen atoms in total.